The van der Waals surface area contributed by atoms with Crippen LogP contribution in [-0.2, 0) is 0 Å². The van der Waals surface area contributed by atoms with Gasteiger partial charge < -0.3 is 10.5 Å². The number of nitrogens with zero attached hydrogens (tertiary/aromatic N) is 3. The third kappa shape index (κ3) is 2.02. The van der Waals surface area contributed by atoms with Crippen molar-refractivity contribution in [3.8, 4) is 11.4 Å². The summed E-state index contributed by atoms with van der Waals surface area (Å²) in [6.07, 6.45) is 0. The Bertz CT molecular complexity index is 797. The van der Waals surface area contributed by atoms with E-state index in [4.69, 9.17) is 10.5 Å². The number of pyridine rings is 1. The highest BCUT2D eigenvalue weighted by atomic mass is 79.9. The number of hydrogen-bond acceptors (Lipinski definition) is 4. The fourth-order valence-corrected chi connectivity index (χ4v) is 2.52. The van der Waals surface area contributed by atoms with E-state index < -0.39 is 0 Å². The molecule has 0 fully saturated rings. The number of anilines is 1. The minimum absolute atomic E-state index is 0.405. The number of nitrogen functional groups attached to an aromatic ring is 1. The molecule has 0 aliphatic heterocycles. The number of halogens is 1. The minimum Gasteiger partial charge on any atom is -0.495 e. The first kappa shape index (κ1) is 12.9. The molecule has 0 saturated heterocycles. The Morgan fingerprint density at radius 3 is 2.75 bits per heavy atom. The number of benzene rings is 1. The maximum absolute atomic E-state index is 6.02. The van der Waals surface area contributed by atoms with Gasteiger partial charge in [-0.05, 0) is 47.1 Å². The van der Waals surface area contributed by atoms with E-state index in [1.165, 1.54) is 0 Å². The van der Waals surface area contributed by atoms with E-state index >= 15 is 0 Å². The van der Waals surface area contributed by atoms with E-state index in [-0.39, 0.29) is 0 Å². The number of hydrogen-bond donors (Lipinski definition) is 1. The number of fused-ring (bicyclic) bond motifs is 1. The molecule has 0 aliphatic carbocycles. The summed E-state index contributed by atoms with van der Waals surface area (Å²) in [4.78, 5) is 8.85. The summed E-state index contributed by atoms with van der Waals surface area (Å²) in [6, 6.07) is 9.58. The molecular weight excluding hydrogens is 320 g/mol. The second-order valence-electron chi connectivity index (χ2n) is 4.42. The Kier molecular flexibility index (Phi) is 3.10. The number of methoxy groups -OCH3 is 1. The number of aryl methyl sites for hydroxylation is 1. The molecule has 0 spiro atoms. The zero-order valence-electron chi connectivity index (χ0n) is 11.1. The Balaban J connectivity index is 2.28. The fourth-order valence-electron chi connectivity index (χ4n) is 2.11. The number of nitrogens with two attached hydrogens (primary N) is 1. The normalized spacial score (nSPS) is 10.9. The standard InChI is InChI=1S/C14H13BrN4O/c1-8-3-6-11-13(17-8)19(14(16)18-11)9-4-5-10(15)12(7-9)20-2/h3-7H,1-2H3,(H2,16,18). The molecule has 2 aromatic heterocycles. The maximum Gasteiger partial charge on any atom is 0.207 e. The van der Waals surface area contributed by atoms with Gasteiger partial charge in [0.2, 0.25) is 5.95 Å². The van der Waals surface area contributed by atoms with Crippen molar-refractivity contribution in [2.75, 3.05) is 12.8 Å². The molecule has 5 nitrogen and oxygen atoms in total. The van der Waals surface area contributed by atoms with E-state index in [0.717, 1.165) is 32.8 Å². The van der Waals surface area contributed by atoms with Crippen molar-refractivity contribution in [3.63, 3.8) is 0 Å². The number of ether oxygens (including phenoxy) is 1. The Morgan fingerprint density at radius 2 is 2.00 bits per heavy atom. The Labute approximate surface area is 124 Å². The van der Waals surface area contributed by atoms with Crippen molar-refractivity contribution in [3.05, 3.63) is 40.5 Å². The largest absolute Gasteiger partial charge is 0.495 e. The lowest BCUT2D eigenvalue weighted by Gasteiger charge is -2.09. The van der Waals surface area contributed by atoms with E-state index in [1.807, 2.05) is 41.8 Å². The SMILES string of the molecule is COc1cc(-n2c(N)nc3ccc(C)nc32)ccc1Br. The number of imidazole rings is 1. The lowest BCUT2D eigenvalue weighted by atomic mass is 10.3. The molecule has 3 aromatic rings. The molecule has 2 N–H and O–H groups in total. The lowest BCUT2D eigenvalue weighted by molar-refractivity contribution is 0.412. The molecule has 0 bridgehead atoms. The zero-order valence-corrected chi connectivity index (χ0v) is 12.7. The third-order valence-electron chi connectivity index (χ3n) is 3.06. The Morgan fingerprint density at radius 1 is 1.20 bits per heavy atom. The summed E-state index contributed by atoms with van der Waals surface area (Å²) < 4.78 is 8.02. The minimum atomic E-state index is 0.405. The van der Waals surface area contributed by atoms with Gasteiger partial charge in [-0.15, -0.1) is 0 Å². The average molecular weight is 333 g/mol. The predicted octanol–water partition coefficient (Wildman–Crippen LogP) is 3.08. The molecule has 0 aliphatic rings. The van der Waals surface area contributed by atoms with Crippen LogP contribution in [0.5, 0.6) is 5.75 Å². The van der Waals surface area contributed by atoms with E-state index in [1.54, 1.807) is 7.11 Å². The summed E-state index contributed by atoms with van der Waals surface area (Å²) in [7, 11) is 1.63. The molecule has 0 radical (unpaired) electrons. The molecule has 0 atom stereocenters. The zero-order chi connectivity index (χ0) is 14.3. The summed E-state index contributed by atoms with van der Waals surface area (Å²) in [6.45, 7) is 1.94. The highest BCUT2D eigenvalue weighted by molar-refractivity contribution is 9.10. The van der Waals surface area contributed by atoms with Crippen LogP contribution in [0.25, 0.3) is 16.9 Å². The van der Waals surface area contributed by atoms with E-state index in [9.17, 15) is 0 Å². The van der Waals surface area contributed by atoms with Crippen LogP contribution in [0.15, 0.2) is 34.8 Å². The van der Waals surface area contributed by atoms with Crippen LogP contribution < -0.4 is 10.5 Å². The molecule has 2 heterocycles. The van der Waals surface area contributed by atoms with Crippen molar-refractivity contribution < 1.29 is 4.74 Å². The highest BCUT2D eigenvalue weighted by Crippen LogP contribution is 2.30. The fraction of sp³-hybridized carbons (Fsp3) is 0.143. The van der Waals surface area contributed by atoms with Crippen molar-refractivity contribution >= 4 is 33.0 Å². The molecule has 0 unspecified atom stereocenters. The first-order valence-corrected chi connectivity index (χ1v) is 6.85. The first-order valence-electron chi connectivity index (χ1n) is 6.05. The summed E-state index contributed by atoms with van der Waals surface area (Å²) in [5.41, 5.74) is 9.32. The van der Waals surface area contributed by atoms with E-state index in [2.05, 4.69) is 25.9 Å². The highest BCUT2D eigenvalue weighted by Gasteiger charge is 2.13. The van der Waals surface area contributed by atoms with Crippen LogP contribution in [0.2, 0.25) is 0 Å². The molecule has 1 aromatic carbocycles. The molecule has 102 valence electrons. The van der Waals surface area contributed by atoms with Gasteiger partial charge in [-0.3, -0.25) is 4.57 Å². The van der Waals surface area contributed by atoms with Gasteiger partial charge in [-0.2, -0.15) is 0 Å². The van der Waals surface area contributed by atoms with Crippen molar-refractivity contribution in [2.45, 2.75) is 6.92 Å². The molecule has 20 heavy (non-hydrogen) atoms. The van der Waals surface area contributed by atoms with Crippen molar-refractivity contribution in [1.29, 1.82) is 0 Å². The second-order valence-corrected chi connectivity index (χ2v) is 5.27. The first-order chi connectivity index (χ1) is 9.60. The summed E-state index contributed by atoms with van der Waals surface area (Å²) in [5, 5.41) is 0. The summed E-state index contributed by atoms with van der Waals surface area (Å²) >= 11 is 3.44. The smallest absolute Gasteiger partial charge is 0.207 e. The van der Waals surface area contributed by atoms with Gasteiger partial charge >= 0.3 is 0 Å². The summed E-state index contributed by atoms with van der Waals surface area (Å²) in [5.74, 6) is 1.14. The van der Waals surface area contributed by atoms with Crippen molar-refractivity contribution in [1.82, 2.24) is 14.5 Å². The topological polar surface area (TPSA) is 66.0 Å². The van der Waals surface area contributed by atoms with Gasteiger partial charge in [-0.25, -0.2) is 9.97 Å². The van der Waals surface area contributed by atoms with Crippen LogP contribution in [0.4, 0.5) is 5.95 Å². The predicted molar refractivity (Wildman–Crippen MR) is 82.3 cm³/mol. The lowest BCUT2D eigenvalue weighted by Crippen LogP contribution is -2.02. The monoisotopic (exact) mass is 332 g/mol. The van der Waals surface area contributed by atoms with Gasteiger partial charge in [-0.1, -0.05) is 0 Å². The van der Waals surface area contributed by atoms with Gasteiger partial charge in [0.05, 0.1) is 17.3 Å². The molecule has 3 rings (SSSR count). The maximum atomic E-state index is 6.02. The number of aromatic nitrogens is 3. The van der Waals surface area contributed by atoms with Crippen molar-refractivity contribution in [2.24, 2.45) is 0 Å². The van der Waals surface area contributed by atoms with Crippen LogP contribution >= 0.6 is 15.9 Å². The van der Waals surface area contributed by atoms with Gasteiger partial charge in [0.15, 0.2) is 5.65 Å². The van der Waals surface area contributed by atoms with Gasteiger partial charge in [0.1, 0.15) is 11.3 Å². The molecule has 0 saturated carbocycles. The van der Waals surface area contributed by atoms with Crippen LogP contribution in [0.1, 0.15) is 5.69 Å². The Hall–Kier alpha value is -2.08. The third-order valence-corrected chi connectivity index (χ3v) is 3.72. The second kappa shape index (κ2) is 4.79. The van der Waals surface area contributed by atoms with Crippen LogP contribution in [-0.4, -0.2) is 21.6 Å². The quantitative estimate of drug-likeness (QED) is 0.783. The van der Waals surface area contributed by atoms with Gasteiger partial charge in [0.25, 0.3) is 0 Å². The number of rotatable bonds is 2. The van der Waals surface area contributed by atoms with Crippen LogP contribution in [0, 0.1) is 6.92 Å². The molecule has 0 amide bonds. The van der Waals surface area contributed by atoms with Gasteiger partial charge in [0, 0.05) is 11.8 Å². The van der Waals surface area contributed by atoms with E-state index in [0.29, 0.717) is 5.95 Å². The van der Waals surface area contributed by atoms with Crippen LogP contribution in [0.3, 0.4) is 0 Å². The molecular formula is C14H13BrN4O. The molecule has 6 heteroatoms. The average Bonchev–Trinajstić information content (AvgIpc) is 2.75.